The van der Waals surface area contributed by atoms with Gasteiger partial charge in [0.05, 0.1) is 13.4 Å². The minimum atomic E-state index is -1.01. The van der Waals surface area contributed by atoms with Crippen LogP contribution in [0.15, 0.2) is 12.5 Å². The fraction of sp³-hybridized carbons (Fsp3) is 0.583. The van der Waals surface area contributed by atoms with Crippen LogP contribution in [0.1, 0.15) is 19.5 Å². The Balaban J connectivity index is 2.76. The van der Waals surface area contributed by atoms with E-state index in [1.807, 2.05) is 0 Å². The monoisotopic (exact) mass is 269 g/mol. The summed E-state index contributed by atoms with van der Waals surface area (Å²) in [6, 6.07) is -0.785. The second-order valence-corrected chi connectivity index (χ2v) is 4.54. The van der Waals surface area contributed by atoms with Crippen molar-refractivity contribution in [2.45, 2.75) is 31.9 Å². The van der Waals surface area contributed by atoms with Crippen LogP contribution in [0, 0.1) is 0 Å². The third-order valence-electron chi connectivity index (χ3n) is 2.83. The highest BCUT2D eigenvalue weighted by Crippen LogP contribution is 2.09. The number of nitrogens with one attached hydrogen (secondary N) is 2. The minimum absolute atomic E-state index is 0.276. The lowest BCUT2D eigenvalue weighted by Crippen LogP contribution is -2.51. The Bertz CT molecular complexity index is 428. The highest BCUT2D eigenvalue weighted by Gasteiger charge is 2.31. The number of esters is 1. The third-order valence-corrected chi connectivity index (χ3v) is 2.83. The van der Waals surface area contributed by atoms with Crippen LogP contribution in [0.5, 0.6) is 0 Å². The van der Waals surface area contributed by atoms with Gasteiger partial charge in [0.25, 0.3) is 5.91 Å². The maximum Gasteiger partial charge on any atom is 0.328 e. The first-order valence-electron chi connectivity index (χ1n) is 5.82. The van der Waals surface area contributed by atoms with Gasteiger partial charge in [-0.15, -0.1) is 0 Å². The zero-order chi connectivity index (χ0) is 14.5. The Kier molecular flexibility index (Phi) is 5.05. The molecule has 0 bridgehead atoms. The van der Waals surface area contributed by atoms with Crippen molar-refractivity contribution in [1.82, 2.24) is 15.3 Å². The number of carbonyl (C=O) groups excluding carboxylic acids is 2. The summed E-state index contributed by atoms with van der Waals surface area (Å²) in [5.74, 6) is -0.903. The number of nitrogens with zero attached hydrogens (tertiary/aromatic N) is 1. The van der Waals surface area contributed by atoms with Gasteiger partial charge in [-0.25, -0.2) is 9.78 Å². The molecule has 0 aliphatic rings. The molecule has 1 rings (SSSR count). The number of rotatable bonds is 6. The summed E-state index contributed by atoms with van der Waals surface area (Å²) in [4.78, 5) is 30.4. The number of methoxy groups -OCH3 is 2. The van der Waals surface area contributed by atoms with Gasteiger partial charge >= 0.3 is 5.97 Å². The van der Waals surface area contributed by atoms with Crippen LogP contribution < -0.4 is 5.32 Å². The number of carbonyl (C=O) groups is 2. The van der Waals surface area contributed by atoms with Gasteiger partial charge in [-0.1, -0.05) is 0 Å². The molecule has 0 spiro atoms. The van der Waals surface area contributed by atoms with Crippen molar-refractivity contribution in [3.63, 3.8) is 0 Å². The molecule has 0 unspecified atom stereocenters. The van der Waals surface area contributed by atoms with Crippen LogP contribution in [0.3, 0.4) is 0 Å². The van der Waals surface area contributed by atoms with Gasteiger partial charge in [-0.05, 0) is 13.8 Å². The van der Waals surface area contributed by atoms with Gasteiger partial charge in [-0.2, -0.15) is 0 Å². The molecule has 0 aromatic carbocycles. The van der Waals surface area contributed by atoms with Gasteiger partial charge < -0.3 is 19.8 Å². The van der Waals surface area contributed by atoms with Crippen LogP contribution in [-0.4, -0.2) is 47.7 Å². The molecule has 1 aromatic rings. The summed E-state index contributed by atoms with van der Waals surface area (Å²) in [6.45, 7) is 3.24. The Morgan fingerprint density at radius 3 is 2.63 bits per heavy atom. The second kappa shape index (κ2) is 6.33. The number of amides is 1. The first-order valence-corrected chi connectivity index (χ1v) is 5.82. The lowest BCUT2D eigenvalue weighted by molar-refractivity contribution is -0.149. The molecule has 1 atom stereocenters. The first-order chi connectivity index (χ1) is 8.90. The van der Waals surface area contributed by atoms with E-state index in [1.54, 1.807) is 20.0 Å². The van der Waals surface area contributed by atoms with E-state index in [9.17, 15) is 9.59 Å². The van der Waals surface area contributed by atoms with E-state index in [4.69, 9.17) is 4.74 Å². The third kappa shape index (κ3) is 4.06. The molecule has 1 heterocycles. The summed E-state index contributed by atoms with van der Waals surface area (Å²) in [6.07, 6.45) is 3.37. The molecular weight excluding hydrogens is 250 g/mol. The number of aromatic amines is 1. The molecule has 7 heteroatoms. The molecule has 0 saturated heterocycles. The molecule has 1 amide bonds. The quantitative estimate of drug-likeness (QED) is 0.711. The van der Waals surface area contributed by atoms with E-state index in [-0.39, 0.29) is 12.3 Å². The van der Waals surface area contributed by atoms with Crippen molar-refractivity contribution in [3.8, 4) is 0 Å². The van der Waals surface area contributed by atoms with E-state index in [0.29, 0.717) is 0 Å². The molecule has 0 saturated carbocycles. The molecule has 106 valence electrons. The van der Waals surface area contributed by atoms with Crippen LogP contribution in [0.4, 0.5) is 0 Å². The lowest BCUT2D eigenvalue weighted by Gasteiger charge is -2.24. The van der Waals surface area contributed by atoms with Gasteiger partial charge in [0.1, 0.15) is 11.6 Å². The van der Waals surface area contributed by atoms with Crippen molar-refractivity contribution < 1.29 is 19.1 Å². The number of hydrogen-bond donors (Lipinski definition) is 2. The fourth-order valence-electron chi connectivity index (χ4n) is 1.38. The topological polar surface area (TPSA) is 93.3 Å². The number of aromatic nitrogens is 2. The van der Waals surface area contributed by atoms with E-state index in [2.05, 4.69) is 20.0 Å². The number of H-pyrrole nitrogens is 1. The second-order valence-electron chi connectivity index (χ2n) is 4.54. The van der Waals surface area contributed by atoms with Crippen molar-refractivity contribution in [2.24, 2.45) is 0 Å². The van der Waals surface area contributed by atoms with Gasteiger partial charge in [0.15, 0.2) is 0 Å². The van der Waals surface area contributed by atoms with Crippen molar-refractivity contribution in [3.05, 3.63) is 18.2 Å². The molecule has 0 aliphatic carbocycles. The number of imidazole rings is 1. The highest BCUT2D eigenvalue weighted by atomic mass is 16.5. The standard InChI is InChI=1S/C12H19N3O4/c1-12(2,19-4)11(17)15-9(10(16)18-3)5-8-6-13-7-14-8/h6-7,9H,5H2,1-4H3,(H,13,14)(H,15,17)/t9-/m0/s1. The van der Waals surface area contributed by atoms with Crippen molar-refractivity contribution >= 4 is 11.9 Å². The SMILES string of the molecule is COC(=O)[C@H](Cc1cnc[nH]1)NC(=O)C(C)(C)OC. The predicted octanol–water partition coefficient (Wildman–Crippen LogP) is 0.0350. The van der Waals surface area contributed by atoms with Crippen LogP contribution in [-0.2, 0) is 25.5 Å². The molecular formula is C12H19N3O4. The van der Waals surface area contributed by atoms with Gasteiger partial charge in [0.2, 0.25) is 0 Å². The number of hydrogen-bond acceptors (Lipinski definition) is 5. The lowest BCUT2D eigenvalue weighted by atomic mass is 10.1. The van der Waals surface area contributed by atoms with E-state index in [1.165, 1.54) is 20.5 Å². The molecule has 19 heavy (non-hydrogen) atoms. The normalized spacial score (nSPS) is 12.8. The molecule has 2 N–H and O–H groups in total. The Morgan fingerprint density at radius 1 is 1.47 bits per heavy atom. The van der Waals surface area contributed by atoms with Crippen molar-refractivity contribution in [1.29, 1.82) is 0 Å². The molecule has 0 aliphatic heterocycles. The zero-order valence-electron chi connectivity index (χ0n) is 11.5. The Morgan fingerprint density at radius 2 is 2.16 bits per heavy atom. The Labute approximate surface area is 111 Å². The summed E-state index contributed by atoms with van der Waals surface area (Å²) < 4.78 is 9.74. The molecule has 1 aromatic heterocycles. The summed E-state index contributed by atoms with van der Waals surface area (Å²) in [5.41, 5.74) is -0.286. The minimum Gasteiger partial charge on any atom is -0.467 e. The van der Waals surface area contributed by atoms with Crippen LogP contribution in [0.25, 0.3) is 0 Å². The van der Waals surface area contributed by atoms with Crippen molar-refractivity contribution in [2.75, 3.05) is 14.2 Å². The maximum atomic E-state index is 12.0. The Hall–Kier alpha value is -1.89. The fourth-order valence-corrected chi connectivity index (χ4v) is 1.38. The first kappa shape index (κ1) is 15.2. The average molecular weight is 269 g/mol. The maximum absolute atomic E-state index is 12.0. The van der Waals surface area contributed by atoms with E-state index >= 15 is 0 Å². The molecule has 7 nitrogen and oxygen atoms in total. The smallest absolute Gasteiger partial charge is 0.328 e. The predicted molar refractivity (Wildman–Crippen MR) is 67.3 cm³/mol. The van der Waals surface area contributed by atoms with E-state index in [0.717, 1.165) is 5.69 Å². The highest BCUT2D eigenvalue weighted by molar-refractivity contribution is 5.89. The summed E-state index contributed by atoms with van der Waals surface area (Å²) in [7, 11) is 2.71. The number of ether oxygens (including phenoxy) is 2. The van der Waals surface area contributed by atoms with Crippen LogP contribution >= 0.6 is 0 Å². The van der Waals surface area contributed by atoms with Gasteiger partial charge in [-0.3, -0.25) is 4.79 Å². The molecule has 0 fully saturated rings. The average Bonchev–Trinajstić information content (AvgIpc) is 2.89. The largest absolute Gasteiger partial charge is 0.467 e. The molecule has 0 radical (unpaired) electrons. The van der Waals surface area contributed by atoms with E-state index < -0.39 is 17.6 Å². The summed E-state index contributed by atoms with van der Waals surface area (Å²) in [5, 5.41) is 2.61. The zero-order valence-corrected chi connectivity index (χ0v) is 11.5. The summed E-state index contributed by atoms with van der Waals surface area (Å²) >= 11 is 0. The van der Waals surface area contributed by atoms with Gasteiger partial charge in [0, 0.05) is 25.4 Å². The van der Waals surface area contributed by atoms with Crippen LogP contribution in [0.2, 0.25) is 0 Å².